The number of nitrogens with zero attached hydrogens (tertiary/aromatic N) is 2. The van der Waals surface area contributed by atoms with Gasteiger partial charge in [0, 0.05) is 24.2 Å². The molecule has 2 rings (SSSR count). The molecule has 1 aromatic heterocycles. The van der Waals surface area contributed by atoms with Crippen molar-refractivity contribution in [2.45, 2.75) is 45.6 Å². The normalized spacial score (nSPS) is 24.4. The molecule has 1 N–H and O–H groups in total. The molecule has 1 saturated carbocycles. The van der Waals surface area contributed by atoms with E-state index in [-0.39, 0.29) is 0 Å². The number of ether oxygens (including phenoxy) is 1. The Hall–Kier alpha value is -1.16. The standard InChI is InChI=1S/C15H25N3O/c1-4-16-14(13-7-5-6-11(13)2)8-12-9-15(19-3)18-10-17-12/h9-11,13-14,16H,4-8H2,1-3H3. The molecular formula is C15H25N3O. The lowest BCUT2D eigenvalue weighted by atomic mass is 9.87. The Kier molecular flexibility index (Phi) is 5.14. The van der Waals surface area contributed by atoms with E-state index in [0.29, 0.717) is 11.9 Å². The van der Waals surface area contributed by atoms with Crippen LogP contribution < -0.4 is 10.1 Å². The Bertz CT molecular complexity index is 397. The topological polar surface area (TPSA) is 47.0 Å². The Labute approximate surface area is 116 Å². The molecule has 0 spiro atoms. The second-order valence-corrected chi connectivity index (χ2v) is 5.49. The van der Waals surface area contributed by atoms with E-state index in [0.717, 1.165) is 30.5 Å². The van der Waals surface area contributed by atoms with Gasteiger partial charge in [0.15, 0.2) is 0 Å². The molecule has 0 saturated heterocycles. The van der Waals surface area contributed by atoms with Gasteiger partial charge in [0.2, 0.25) is 5.88 Å². The fourth-order valence-electron chi connectivity index (χ4n) is 3.23. The Morgan fingerprint density at radius 1 is 1.42 bits per heavy atom. The monoisotopic (exact) mass is 263 g/mol. The molecule has 0 amide bonds. The lowest BCUT2D eigenvalue weighted by Crippen LogP contribution is -2.39. The van der Waals surface area contributed by atoms with Gasteiger partial charge in [0.25, 0.3) is 0 Å². The van der Waals surface area contributed by atoms with Crippen molar-refractivity contribution in [2.24, 2.45) is 11.8 Å². The summed E-state index contributed by atoms with van der Waals surface area (Å²) < 4.78 is 5.17. The van der Waals surface area contributed by atoms with E-state index in [1.165, 1.54) is 19.3 Å². The summed E-state index contributed by atoms with van der Waals surface area (Å²) in [5.74, 6) is 2.23. The smallest absolute Gasteiger partial charge is 0.216 e. The van der Waals surface area contributed by atoms with Crippen LogP contribution in [0.2, 0.25) is 0 Å². The van der Waals surface area contributed by atoms with E-state index in [2.05, 4.69) is 29.1 Å². The molecular weight excluding hydrogens is 238 g/mol. The fourth-order valence-corrected chi connectivity index (χ4v) is 3.23. The van der Waals surface area contributed by atoms with Gasteiger partial charge in [-0.2, -0.15) is 0 Å². The maximum atomic E-state index is 5.17. The molecule has 1 heterocycles. The molecule has 1 aromatic rings. The summed E-state index contributed by atoms with van der Waals surface area (Å²) in [5, 5.41) is 3.64. The molecule has 0 aromatic carbocycles. The maximum absolute atomic E-state index is 5.17. The number of aromatic nitrogens is 2. The number of nitrogens with one attached hydrogen (secondary N) is 1. The highest BCUT2D eigenvalue weighted by Crippen LogP contribution is 2.34. The minimum atomic E-state index is 0.516. The van der Waals surface area contributed by atoms with Crippen LogP contribution in [0.4, 0.5) is 0 Å². The molecule has 0 radical (unpaired) electrons. The zero-order valence-electron chi connectivity index (χ0n) is 12.2. The van der Waals surface area contributed by atoms with E-state index in [9.17, 15) is 0 Å². The molecule has 4 heteroatoms. The number of hydrogen-bond donors (Lipinski definition) is 1. The van der Waals surface area contributed by atoms with E-state index in [1.54, 1.807) is 13.4 Å². The first-order valence-corrected chi connectivity index (χ1v) is 7.32. The zero-order valence-corrected chi connectivity index (χ0v) is 12.2. The highest BCUT2D eigenvalue weighted by Gasteiger charge is 2.30. The number of methoxy groups -OCH3 is 1. The number of rotatable bonds is 6. The van der Waals surface area contributed by atoms with Crippen LogP contribution in [0.25, 0.3) is 0 Å². The number of likely N-dealkylation sites (N-methyl/N-ethyl adjacent to an activating group) is 1. The van der Waals surface area contributed by atoms with Gasteiger partial charge in [-0.05, 0) is 24.8 Å². The maximum Gasteiger partial charge on any atom is 0.216 e. The minimum absolute atomic E-state index is 0.516. The zero-order chi connectivity index (χ0) is 13.7. The third-order valence-electron chi connectivity index (χ3n) is 4.25. The van der Waals surface area contributed by atoms with Gasteiger partial charge in [-0.3, -0.25) is 0 Å². The Morgan fingerprint density at radius 2 is 2.26 bits per heavy atom. The lowest BCUT2D eigenvalue weighted by Gasteiger charge is -2.27. The first-order valence-electron chi connectivity index (χ1n) is 7.32. The second-order valence-electron chi connectivity index (χ2n) is 5.49. The summed E-state index contributed by atoms with van der Waals surface area (Å²) in [6.45, 7) is 5.56. The van der Waals surface area contributed by atoms with Crippen LogP contribution in [-0.4, -0.2) is 29.7 Å². The largest absolute Gasteiger partial charge is 0.481 e. The molecule has 4 nitrogen and oxygen atoms in total. The minimum Gasteiger partial charge on any atom is -0.481 e. The van der Waals surface area contributed by atoms with Gasteiger partial charge in [0.05, 0.1) is 7.11 Å². The van der Waals surface area contributed by atoms with Gasteiger partial charge >= 0.3 is 0 Å². The van der Waals surface area contributed by atoms with Crippen molar-refractivity contribution in [3.05, 3.63) is 18.1 Å². The van der Waals surface area contributed by atoms with Crippen LogP contribution in [0.5, 0.6) is 5.88 Å². The Balaban J connectivity index is 2.06. The molecule has 19 heavy (non-hydrogen) atoms. The van der Waals surface area contributed by atoms with Crippen LogP contribution in [-0.2, 0) is 6.42 Å². The summed E-state index contributed by atoms with van der Waals surface area (Å²) in [6, 6.07) is 2.46. The number of hydrogen-bond acceptors (Lipinski definition) is 4. The molecule has 0 aliphatic heterocycles. The highest BCUT2D eigenvalue weighted by atomic mass is 16.5. The van der Waals surface area contributed by atoms with Gasteiger partial charge in [-0.1, -0.05) is 26.7 Å². The first kappa shape index (κ1) is 14.3. The molecule has 3 unspecified atom stereocenters. The third kappa shape index (κ3) is 3.66. The summed E-state index contributed by atoms with van der Waals surface area (Å²) in [6.07, 6.45) is 6.61. The fraction of sp³-hybridized carbons (Fsp3) is 0.733. The van der Waals surface area contributed by atoms with E-state index in [1.807, 2.05) is 6.07 Å². The molecule has 1 aliphatic carbocycles. The van der Waals surface area contributed by atoms with Crippen molar-refractivity contribution in [2.75, 3.05) is 13.7 Å². The van der Waals surface area contributed by atoms with Crippen LogP contribution in [0.1, 0.15) is 38.8 Å². The van der Waals surface area contributed by atoms with Gasteiger partial charge < -0.3 is 10.1 Å². The average Bonchev–Trinajstić information content (AvgIpc) is 2.85. The van der Waals surface area contributed by atoms with Crippen LogP contribution >= 0.6 is 0 Å². The van der Waals surface area contributed by atoms with Gasteiger partial charge in [0.1, 0.15) is 6.33 Å². The summed E-state index contributed by atoms with van der Waals surface area (Å²) >= 11 is 0. The molecule has 0 bridgehead atoms. The quantitative estimate of drug-likeness (QED) is 0.856. The van der Waals surface area contributed by atoms with Crippen LogP contribution in [0.3, 0.4) is 0 Å². The lowest BCUT2D eigenvalue weighted by molar-refractivity contribution is 0.296. The van der Waals surface area contributed by atoms with Crippen LogP contribution in [0.15, 0.2) is 12.4 Å². The summed E-state index contributed by atoms with van der Waals surface area (Å²) in [7, 11) is 1.65. The SMILES string of the molecule is CCNC(Cc1cc(OC)ncn1)C1CCCC1C. The third-order valence-corrected chi connectivity index (χ3v) is 4.25. The summed E-state index contributed by atoms with van der Waals surface area (Å²) in [5.41, 5.74) is 1.07. The van der Waals surface area contributed by atoms with Crippen molar-refractivity contribution in [3.8, 4) is 5.88 Å². The van der Waals surface area contributed by atoms with Crippen molar-refractivity contribution in [1.82, 2.24) is 15.3 Å². The van der Waals surface area contributed by atoms with Gasteiger partial charge in [-0.15, -0.1) is 0 Å². The molecule has 1 aliphatic rings. The van der Waals surface area contributed by atoms with Crippen molar-refractivity contribution in [1.29, 1.82) is 0 Å². The Morgan fingerprint density at radius 3 is 2.89 bits per heavy atom. The summed E-state index contributed by atoms with van der Waals surface area (Å²) in [4.78, 5) is 8.44. The van der Waals surface area contributed by atoms with E-state index in [4.69, 9.17) is 4.74 Å². The van der Waals surface area contributed by atoms with E-state index < -0.39 is 0 Å². The van der Waals surface area contributed by atoms with E-state index >= 15 is 0 Å². The first-order chi connectivity index (χ1) is 9.24. The second kappa shape index (κ2) is 6.85. The molecule has 3 atom stereocenters. The average molecular weight is 263 g/mol. The van der Waals surface area contributed by atoms with Gasteiger partial charge in [-0.25, -0.2) is 9.97 Å². The van der Waals surface area contributed by atoms with Crippen molar-refractivity contribution < 1.29 is 4.74 Å². The van der Waals surface area contributed by atoms with Crippen LogP contribution in [0, 0.1) is 11.8 Å². The van der Waals surface area contributed by atoms with Crippen molar-refractivity contribution in [3.63, 3.8) is 0 Å². The molecule has 106 valence electrons. The van der Waals surface area contributed by atoms with Crippen molar-refractivity contribution >= 4 is 0 Å². The predicted octanol–water partition coefficient (Wildman–Crippen LogP) is 2.44. The predicted molar refractivity (Wildman–Crippen MR) is 76.3 cm³/mol. The molecule has 1 fully saturated rings. The highest BCUT2D eigenvalue weighted by molar-refractivity contribution is 5.14.